The molecule has 0 bridgehead atoms. The van der Waals surface area contributed by atoms with Gasteiger partial charge in [0.25, 0.3) is 0 Å². The van der Waals surface area contributed by atoms with E-state index in [1.165, 1.54) is 0 Å². The number of amides is 1. The summed E-state index contributed by atoms with van der Waals surface area (Å²) < 4.78 is 16.7. The molecular weight excluding hydrogens is 416 g/mol. The Morgan fingerprint density at radius 2 is 1.97 bits per heavy atom. The summed E-state index contributed by atoms with van der Waals surface area (Å²) in [5, 5.41) is 3.44. The second-order valence-electron chi connectivity index (χ2n) is 7.47. The molecule has 0 atom stereocenters. The number of benzene rings is 1. The van der Waals surface area contributed by atoms with Crippen LogP contribution >= 0.6 is 12.2 Å². The van der Waals surface area contributed by atoms with Gasteiger partial charge in [-0.25, -0.2) is 0 Å². The molecule has 2 aromatic rings. The van der Waals surface area contributed by atoms with Gasteiger partial charge < -0.3 is 19.2 Å². The summed E-state index contributed by atoms with van der Waals surface area (Å²) in [5.41, 5.74) is 7.40. The highest BCUT2D eigenvalue weighted by Gasteiger charge is 2.13. The van der Waals surface area contributed by atoms with E-state index in [2.05, 4.69) is 21.1 Å². The van der Waals surface area contributed by atoms with Crippen molar-refractivity contribution in [2.24, 2.45) is 0 Å². The van der Waals surface area contributed by atoms with Crippen molar-refractivity contribution in [2.75, 3.05) is 39.4 Å². The number of nitrogens with one attached hydrogen (secondary N) is 3. The van der Waals surface area contributed by atoms with Crippen molar-refractivity contribution in [1.82, 2.24) is 21.1 Å². The molecule has 3 N–H and O–H groups in total. The van der Waals surface area contributed by atoms with Crippen LogP contribution in [0.5, 0.6) is 5.75 Å². The number of carbonyl (C=O) groups excluding carboxylic acids is 1. The Kier molecular flexibility index (Phi) is 8.69. The van der Waals surface area contributed by atoms with E-state index in [9.17, 15) is 4.79 Å². The molecule has 168 valence electrons. The predicted molar refractivity (Wildman–Crippen MR) is 122 cm³/mol. The first-order chi connectivity index (χ1) is 15.0. The average Bonchev–Trinajstić information content (AvgIpc) is 3.25. The Hall–Kier alpha value is -2.62. The van der Waals surface area contributed by atoms with Crippen molar-refractivity contribution in [2.45, 2.75) is 26.9 Å². The second-order valence-corrected chi connectivity index (χ2v) is 7.87. The molecule has 1 aliphatic heterocycles. The predicted octanol–water partition coefficient (Wildman–Crippen LogP) is 2.31. The summed E-state index contributed by atoms with van der Waals surface area (Å²) >= 11 is 5.19. The fourth-order valence-corrected chi connectivity index (χ4v) is 3.29. The molecule has 1 aromatic heterocycles. The van der Waals surface area contributed by atoms with Crippen LogP contribution in [0.2, 0.25) is 0 Å². The number of ether oxygens (including phenoxy) is 2. The van der Waals surface area contributed by atoms with Crippen molar-refractivity contribution in [3.05, 3.63) is 53.0 Å². The van der Waals surface area contributed by atoms with Crippen LogP contribution < -0.4 is 20.9 Å². The zero-order valence-electron chi connectivity index (χ0n) is 18.0. The maximum absolute atomic E-state index is 12.3. The third kappa shape index (κ3) is 7.54. The number of hydrogen-bond acceptors (Lipinski definition) is 6. The van der Waals surface area contributed by atoms with Gasteiger partial charge in [-0.2, -0.15) is 0 Å². The lowest BCUT2D eigenvalue weighted by Gasteiger charge is -2.26. The van der Waals surface area contributed by atoms with E-state index in [1.807, 2.05) is 32.0 Å². The SMILES string of the molecule is Cc1ccc(C)c(OCc2ccc(C(=O)NNC(=S)NCCCN3CCOCC3)o2)c1. The van der Waals surface area contributed by atoms with E-state index in [0.29, 0.717) is 10.9 Å². The number of nitrogens with zero attached hydrogens (tertiary/aromatic N) is 1. The summed E-state index contributed by atoms with van der Waals surface area (Å²) in [7, 11) is 0. The number of carbonyl (C=O) groups is 1. The number of rotatable bonds is 8. The van der Waals surface area contributed by atoms with Gasteiger partial charge in [-0.15, -0.1) is 0 Å². The van der Waals surface area contributed by atoms with E-state index < -0.39 is 5.91 Å². The smallest absolute Gasteiger partial charge is 0.305 e. The first-order valence-electron chi connectivity index (χ1n) is 10.4. The van der Waals surface area contributed by atoms with Crippen molar-refractivity contribution in [1.29, 1.82) is 0 Å². The Morgan fingerprint density at radius 3 is 2.77 bits per heavy atom. The van der Waals surface area contributed by atoms with Gasteiger partial charge in [0, 0.05) is 19.6 Å². The molecule has 0 saturated carbocycles. The highest BCUT2D eigenvalue weighted by Crippen LogP contribution is 2.21. The lowest BCUT2D eigenvalue weighted by molar-refractivity contribution is 0.0376. The van der Waals surface area contributed by atoms with Crippen molar-refractivity contribution >= 4 is 23.2 Å². The molecule has 1 aliphatic rings. The van der Waals surface area contributed by atoms with Gasteiger partial charge in [-0.3, -0.25) is 20.5 Å². The molecule has 0 aliphatic carbocycles. The summed E-state index contributed by atoms with van der Waals surface area (Å²) in [6.07, 6.45) is 0.956. The first kappa shape index (κ1) is 23.1. The minimum Gasteiger partial charge on any atom is -0.485 e. The lowest BCUT2D eigenvalue weighted by atomic mass is 10.1. The zero-order valence-corrected chi connectivity index (χ0v) is 18.8. The highest BCUT2D eigenvalue weighted by atomic mass is 32.1. The monoisotopic (exact) mass is 446 g/mol. The molecule has 1 saturated heterocycles. The summed E-state index contributed by atoms with van der Waals surface area (Å²) in [5.74, 6) is 1.14. The van der Waals surface area contributed by atoms with Crippen LogP contribution in [0.25, 0.3) is 0 Å². The Bertz CT molecular complexity index is 880. The number of morpholine rings is 1. The molecule has 9 heteroatoms. The molecule has 1 fully saturated rings. The van der Waals surface area contributed by atoms with Gasteiger partial charge in [0.05, 0.1) is 13.2 Å². The van der Waals surface area contributed by atoms with Crippen LogP contribution in [-0.2, 0) is 11.3 Å². The van der Waals surface area contributed by atoms with Gasteiger partial charge in [0.15, 0.2) is 10.9 Å². The van der Waals surface area contributed by atoms with E-state index >= 15 is 0 Å². The van der Waals surface area contributed by atoms with Crippen LogP contribution in [0.3, 0.4) is 0 Å². The molecule has 0 unspecified atom stereocenters. The lowest BCUT2D eigenvalue weighted by Crippen LogP contribution is -2.47. The third-order valence-electron chi connectivity index (χ3n) is 4.93. The second kappa shape index (κ2) is 11.7. The van der Waals surface area contributed by atoms with Gasteiger partial charge in [-0.1, -0.05) is 12.1 Å². The fraction of sp³-hybridized carbons (Fsp3) is 0.455. The Labute approximate surface area is 188 Å². The normalized spacial score (nSPS) is 14.1. The van der Waals surface area contributed by atoms with Crippen molar-refractivity contribution in [3.8, 4) is 5.75 Å². The molecule has 1 amide bonds. The Balaban J connectivity index is 1.34. The third-order valence-corrected chi connectivity index (χ3v) is 5.18. The zero-order chi connectivity index (χ0) is 22.1. The first-order valence-corrected chi connectivity index (χ1v) is 10.8. The molecular formula is C22H30N4O4S. The van der Waals surface area contributed by atoms with Crippen LogP contribution in [0, 0.1) is 13.8 Å². The van der Waals surface area contributed by atoms with E-state index in [1.54, 1.807) is 12.1 Å². The topological polar surface area (TPSA) is 88.0 Å². The average molecular weight is 447 g/mol. The molecule has 1 aromatic carbocycles. The van der Waals surface area contributed by atoms with E-state index in [4.69, 9.17) is 26.1 Å². The molecule has 31 heavy (non-hydrogen) atoms. The van der Waals surface area contributed by atoms with Gasteiger partial charge in [-0.05, 0) is 68.4 Å². The summed E-state index contributed by atoms with van der Waals surface area (Å²) in [6.45, 7) is 9.49. The van der Waals surface area contributed by atoms with Crippen LogP contribution in [-0.4, -0.2) is 55.3 Å². The summed E-state index contributed by atoms with van der Waals surface area (Å²) in [4.78, 5) is 14.6. The molecule has 3 rings (SSSR count). The van der Waals surface area contributed by atoms with Crippen LogP contribution in [0.4, 0.5) is 0 Å². The minimum absolute atomic E-state index is 0.183. The van der Waals surface area contributed by atoms with Gasteiger partial charge >= 0.3 is 5.91 Å². The van der Waals surface area contributed by atoms with E-state index in [0.717, 1.165) is 62.7 Å². The van der Waals surface area contributed by atoms with Crippen molar-refractivity contribution in [3.63, 3.8) is 0 Å². The maximum Gasteiger partial charge on any atom is 0.305 e. The van der Waals surface area contributed by atoms with Gasteiger partial charge in [0.1, 0.15) is 18.1 Å². The Morgan fingerprint density at radius 1 is 1.16 bits per heavy atom. The van der Waals surface area contributed by atoms with Crippen LogP contribution in [0.15, 0.2) is 34.7 Å². The largest absolute Gasteiger partial charge is 0.485 e. The molecule has 2 heterocycles. The molecule has 0 spiro atoms. The maximum atomic E-state index is 12.3. The number of aryl methyl sites for hydroxylation is 2. The summed E-state index contributed by atoms with van der Waals surface area (Å²) in [6, 6.07) is 9.36. The molecule has 8 nitrogen and oxygen atoms in total. The quantitative estimate of drug-likeness (QED) is 0.324. The highest BCUT2D eigenvalue weighted by molar-refractivity contribution is 7.80. The minimum atomic E-state index is -0.407. The fourth-order valence-electron chi connectivity index (χ4n) is 3.14. The van der Waals surface area contributed by atoms with E-state index in [-0.39, 0.29) is 12.4 Å². The number of hydrazine groups is 1. The van der Waals surface area contributed by atoms with Crippen LogP contribution in [0.1, 0.15) is 33.9 Å². The van der Waals surface area contributed by atoms with Gasteiger partial charge in [0.2, 0.25) is 0 Å². The number of furan rings is 1. The molecule has 0 radical (unpaired) electrons. The number of hydrogen-bond donors (Lipinski definition) is 3. The number of thiocarbonyl (C=S) groups is 1. The standard InChI is InChI=1S/C22H30N4O4S/c1-16-4-5-17(2)20(14-16)29-15-18-6-7-19(30-18)21(27)24-25-22(31)23-8-3-9-26-10-12-28-13-11-26/h4-7,14H,3,8-13,15H2,1-2H3,(H,24,27)(H2,23,25,31). The van der Waals surface area contributed by atoms with Crippen molar-refractivity contribution < 1.29 is 18.7 Å².